The Labute approximate surface area is 519 Å². The van der Waals surface area contributed by atoms with Crippen LogP contribution in [-0.4, -0.2) is 68.5 Å². The Morgan fingerprint density at radius 2 is 0.675 bits per heavy atom. The lowest BCUT2D eigenvalue weighted by molar-refractivity contribution is -0.870. The molecule has 3 unspecified atom stereocenters. The number of rotatable bonds is 70. The standard InChI is InChI=1S/C74H147N2O6P/c1-6-8-10-12-14-16-18-20-22-24-26-28-30-32-34-36-38-40-42-44-46-48-50-52-54-56-58-60-62-64-66-68-74(78)75-72(71-82-83(79,80)81-70-69-76(3,4)5)73(77)67-65-63-61-59-57-55-53-51-49-47-45-43-41-39-37-35-33-31-29-27-25-23-21-19-17-15-13-11-9-7-2/h57,59,65,67,72-73,77H,6-56,58,60-64,66,68-71H2,1-5H3,(H-,75,78,79,80)/b59-57+,67-65+. The van der Waals surface area contributed by atoms with E-state index in [0.29, 0.717) is 17.4 Å². The summed E-state index contributed by atoms with van der Waals surface area (Å²) in [5.41, 5.74) is 0. The first-order chi connectivity index (χ1) is 40.5. The minimum absolute atomic E-state index is 0.00333. The molecule has 0 spiro atoms. The summed E-state index contributed by atoms with van der Waals surface area (Å²) in [6, 6.07) is -0.902. The summed E-state index contributed by atoms with van der Waals surface area (Å²) in [5, 5.41) is 14.0. The van der Waals surface area contributed by atoms with Gasteiger partial charge in [0.25, 0.3) is 7.82 Å². The fraction of sp³-hybridized carbons (Fsp3) is 0.932. The lowest BCUT2D eigenvalue weighted by atomic mass is 10.0. The van der Waals surface area contributed by atoms with Gasteiger partial charge in [-0.25, -0.2) is 0 Å². The first-order valence-corrected chi connectivity index (χ1v) is 38.7. The molecule has 1 amide bonds. The van der Waals surface area contributed by atoms with Crippen LogP contribution in [0.15, 0.2) is 24.3 Å². The molecule has 8 nitrogen and oxygen atoms in total. The zero-order valence-corrected chi connectivity index (χ0v) is 57.6. The number of allylic oxidation sites excluding steroid dienone is 3. The van der Waals surface area contributed by atoms with E-state index in [1.165, 1.54) is 334 Å². The number of quaternary nitrogens is 1. The maximum Gasteiger partial charge on any atom is 0.268 e. The molecule has 0 heterocycles. The molecule has 0 aromatic rings. The SMILES string of the molecule is CCCCCCCCCCCCCCCCCCCCCCCCCC/C=C/CC/C=C/C(O)C(COP(=O)([O-])OCC[N+](C)(C)C)NC(=O)CCCCCCCCCCCCCCCCCCCCCCCCCCCCCCCCC. The Morgan fingerprint density at radius 1 is 0.410 bits per heavy atom. The van der Waals surface area contributed by atoms with Crippen LogP contribution in [0.1, 0.15) is 393 Å². The highest BCUT2D eigenvalue weighted by molar-refractivity contribution is 7.45. The normalized spacial score (nSPS) is 13.7. The molecule has 3 atom stereocenters. The third kappa shape index (κ3) is 68.3. The van der Waals surface area contributed by atoms with E-state index in [9.17, 15) is 19.4 Å². The summed E-state index contributed by atoms with van der Waals surface area (Å²) in [6.07, 6.45) is 86.2. The quantitative estimate of drug-likeness (QED) is 0.0272. The van der Waals surface area contributed by atoms with Gasteiger partial charge < -0.3 is 28.8 Å². The van der Waals surface area contributed by atoms with Gasteiger partial charge in [-0.15, -0.1) is 0 Å². The number of phosphoric acid groups is 1. The zero-order chi connectivity index (χ0) is 60.5. The number of phosphoric ester groups is 1. The number of aliphatic hydroxyl groups excluding tert-OH is 1. The number of aliphatic hydroxyl groups is 1. The molecule has 0 saturated carbocycles. The van der Waals surface area contributed by atoms with Crippen molar-refractivity contribution >= 4 is 13.7 Å². The average Bonchev–Trinajstić information content (AvgIpc) is 3.49. The van der Waals surface area contributed by atoms with Crippen molar-refractivity contribution in [2.75, 3.05) is 40.9 Å². The van der Waals surface area contributed by atoms with Crippen LogP contribution in [0, 0.1) is 0 Å². The van der Waals surface area contributed by atoms with Crippen molar-refractivity contribution in [2.24, 2.45) is 0 Å². The monoisotopic (exact) mass is 1190 g/mol. The fourth-order valence-corrected chi connectivity index (χ4v) is 12.4. The van der Waals surface area contributed by atoms with Crippen LogP contribution >= 0.6 is 7.82 Å². The first-order valence-electron chi connectivity index (χ1n) is 37.2. The van der Waals surface area contributed by atoms with Crippen molar-refractivity contribution in [2.45, 2.75) is 405 Å². The van der Waals surface area contributed by atoms with Crippen molar-refractivity contribution in [3.63, 3.8) is 0 Å². The van der Waals surface area contributed by atoms with E-state index in [2.05, 4.69) is 31.3 Å². The number of likely N-dealkylation sites (N-methyl/N-ethyl adjacent to an activating group) is 1. The van der Waals surface area contributed by atoms with E-state index in [-0.39, 0.29) is 19.1 Å². The number of carbonyl (C=O) groups excluding carboxylic acids is 1. The van der Waals surface area contributed by atoms with Crippen LogP contribution in [0.5, 0.6) is 0 Å². The fourth-order valence-electron chi connectivity index (χ4n) is 11.6. The highest BCUT2D eigenvalue weighted by Gasteiger charge is 2.23. The van der Waals surface area contributed by atoms with Gasteiger partial charge in [0, 0.05) is 6.42 Å². The second kappa shape index (κ2) is 65.4. The Bertz CT molecular complexity index is 1400. The molecule has 0 bridgehead atoms. The predicted molar refractivity (Wildman–Crippen MR) is 362 cm³/mol. The minimum Gasteiger partial charge on any atom is -0.756 e. The molecule has 0 aliphatic carbocycles. The number of hydrogen-bond acceptors (Lipinski definition) is 6. The topological polar surface area (TPSA) is 108 Å². The Kier molecular flexibility index (Phi) is 64.6. The molecule has 0 aromatic heterocycles. The molecule has 2 N–H and O–H groups in total. The van der Waals surface area contributed by atoms with Crippen LogP contribution in [-0.2, 0) is 18.4 Å². The maximum atomic E-state index is 13.0. The highest BCUT2D eigenvalue weighted by atomic mass is 31.2. The molecule has 494 valence electrons. The third-order valence-electron chi connectivity index (χ3n) is 17.4. The lowest BCUT2D eigenvalue weighted by Gasteiger charge is -2.29. The summed E-state index contributed by atoms with van der Waals surface area (Å²) < 4.78 is 23.5. The van der Waals surface area contributed by atoms with E-state index in [1.807, 2.05) is 27.2 Å². The molecule has 9 heteroatoms. The summed E-state index contributed by atoms with van der Waals surface area (Å²) in [4.78, 5) is 25.6. The Hall–Kier alpha value is -1.02. The summed E-state index contributed by atoms with van der Waals surface area (Å²) in [6.45, 7) is 4.70. The number of amides is 1. The molecule has 0 radical (unpaired) electrons. The molecule has 0 rings (SSSR count). The highest BCUT2D eigenvalue weighted by Crippen LogP contribution is 2.38. The van der Waals surface area contributed by atoms with E-state index in [1.54, 1.807) is 6.08 Å². The van der Waals surface area contributed by atoms with Crippen molar-refractivity contribution in [1.29, 1.82) is 0 Å². The predicted octanol–water partition coefficient (Wildman–Crippen LogP) is 23.2. The van der Waals surface area contributed by atoms with Gasteiger partial charge in [-0.2, -0.15) is 0 Å². The molecule has 83 heavy (non-hydrogen) atoms. The van der Waals surface area contributed by atoms with Crippen molar-refractivity contribution < 1.29 is 32.9 Å². The number of nitrogens with zero attached hydrogens (tertiary/aromatic N) is 1. The van der Waals surface area contributed by atoms with Crippen LogP contribution < -0.4 is 10.2 Å². The number of nitrogens with one attached hydrogen (secondary N) is 1. The van der Waals surface area contributed by atoms with Gasteiger partial charge in [0.1, 0.15) is 13.2 Å². The van der Waals surface area contributed by atoms with Gasteiger partial charge in [0.05, 0.1) is 39.9 Å². The molecule has 0 saturated heterocycles. The molecular formula is C74H147N2O6P. The van der Waals surface area contributed by atoms with Gasteiger partial charge in [-0.3, -0.25) is 9.36 Å². The molecule has 0 aliphatic rings. The zero-order valence-electron chi connectivity index (χ0n) is 56.7. The minimum atomic E-state index is -4.61. The number of unbranched alkanes of at least 4 members (excludes halogenated alkanes) is 55. The summed E-state index contributed by atoms with van der Waals surface area (Å²) >= 11 is 0. The average molecular weight is 1190 g/mol. The van der Waals surface area contributed by atoms with Gasteiger partial charge in [-0.05, 0) is 32.1 Å². The molecule has 0 aromatic carbocycles. The van der Waals surface area contributed by atoms with Gasteiger partial charge in [0.15, 0.2) is 0 Å². The lowest BCUT2D eigenvalue weighted by Crippen LogP contribution is -2.45. The number of hydrogen-bond donors (Lipinski definition) is 2. The van der Waals surface area contributed by atoms with E-state index in [0.717, 1.165) is 38.5 Å². The summed E-state index contributed by atoms with van der Waals surface area (Å²) in [5.74, 6) is -0.197. The maximum absolute atomic E-state index is 13.0. The summed E-state index contributed by atoms with van der Waals surface area (Å²) in [7, 11) is 1.27. The van der Waals surface area contributed by atoms with Crippen molar-refractivity contribution in [1.82, 2.24) is 5.32 Å². The van der Waals surface area contributed by atoms with Crippen molar-refractivity contribution in [3.8, 4) is 0 Å². The van der Waals surface area contributed by atoms with Gasteiger partial charge in [0.2, 0.25) is 5.91 Å². The van der Waals surface area contributed by atoms with E-state index < -0.39 is 20.0 Å². The molecule has 0 aliphatic heterocycles. The van der Waals surface area contributed by atoms with Gasteiger partial charge in [-0.1, -0.05) is 378 Å². The number of carbonyl (C=O) groups is 1. The largest absolute Gasteiger partial charge is 0.756 e. The van der Waals surface area contributed by atoms with E-state index in [4.69, 9.17) is 9.05 Å². The molecular weight excluding hydrogens is 1040 g/mol. The second-order valence-electron chi connectivity index (χ2n) is 27.0. The van der Waals surface area contributed by atoms with Crippen LogP contribution in [0.25, 0.3) is 0 Å². The smallest absolute Gasteiger partial charge is 0.268 e. The Balaban J connectivity index is 4.02. The van der Waals surface area contributed by atoms with Crippen LogP contribution in [0.4, 0.5) is 0 Å². The van der Waals surface area contributed by atoms with E-state index >= 15 is 0 Å². The van der Waals surface area contributed by atoms with Gasteiger partial charge >= 0.3 is 0 Å². The van der Waals surface area contributed by atoms with Crippen LogP contribution in [0.2, 0.25) is 0 Å². The Morgan fingerprint density at radius 3 is 0.976 bits per heavy atom. The van der Waals surface area contributed by atoms with Crippen LogP contribution in [0.3, 0.4) is 0 Å². The third-order valence-corrected chi connectivity index (χ3v) is 18.4. The van der Waals surface area contributed by atoms with Crippen molar-refractivity contribution in [3.05, 3.63) is 24.3 Å². The molecule has 0 fully saturated rings. The second-order valence-corrected chi connectivity index (χ2v) is 28.4. The first kappa shape index (κ1) is 82.0.